The fourth-order valence-electron chi connectivity index (χ4n) is 2.31. The van der Waals surface area contributed by atoms with Crippen LogP contribution < -0.4 is 11.5 Å². The van der Waals surface area contributed by atoms with Crippen molar-refractivity contribution in [2.24, 2.45) is 0 Å². The number of nitrogens with two attached hydrogens (primary N) is 2. The molecule has 0 aromatic heterocycles. The number of hydrogen-bond acceptors (Lipinski definition) is 2. The van der Waals surface area contributed by atoms with Crippen molar-refractivity contribution in [3.63, 3.8) is 0 Å². The molecule has 4 N–H and O–H groups in total. The van der Waals surface area contributed by atoms with Gasteiger partial charge in [0.05, 0.1) is 11.4 Å². The van der Waals surface area contributed by atoms with Crippen LogP contribution in [0.1, 0.15) is 0 Å². The minimum absolute atomic E-state index is 0.620. The van der Waals surface area contributed by atoms with Crippen molar-refractivity contribution in [3.05, 3.63) is 72.8 Å². The zero-order valence-corrected chi connectivity index (χ0v) is 11.1. The molecule has 0 saturated carbocycles. The van der Waals surface area contributed by atoms with E-state index in [1.807, 2.05) is 36.4 Å². The molecular formula is C18H16N2. The lowest BCUT2D eigenvalue weighted by Gasteiger charge is -2.09. The summed E-state index contributed by atoms with van der Waals surface area (Å²) in [6.07, 6.45) is 0. The second kappa shape index (κ2) is 5.10. The predicted octanol–water partition coefficient (Wildman–Crippen LogP) is 4.19. The summed E-state index contributed by atoms with van der Waals surface area (Å²) in [6, 6.07) is 24.4. The largest absolute Gasteiger partial charge is 0.397 e. The molecule has 3 aromatic rings. The van der Waals surface area contributed by atoms with Crippen molar-refractivity contribution < 1.29 is 0 Å². The average Bonchev–Trinajstić information content (AvgIpc) is 2.51. The molecular weight excluding hydrogens is 244 g/mol. The van der Waals surface area contributed by atoms with Crippen molar-refractivity contribution >= 4 is 11.4 Å². The summed E-state index contributed by atoms with van der Waals surface area (Å²) in [4.78, 5) is 0. The van der Waals surface area contributed by atoms with Crippen molar-refractivity contribution in [1.82, 2.24) is 0 Å². The third-order valence-electron chi connectivity index (χ3n) is 3.44. The Bertz CT molecular complexity index is 716. The molecule has 0 amide bonds. The van der Waals surface area contributed by atoms with Crippen molar-refractivity contribution in [3.8, 4) is 22.3 Å². The summed E-state index contributed by atoms with van der Waals surface area (Å²) < 4.78 is 0. The molecule has 0 unspecified atom stereocenters. The molecule has 0 aliphatic carbocycles. The Balaban J connectivity index is 2.00. The first kappa shape index (κ1) is 12.3. The van der Waals surface area contributed by atoms with E-state index in [-0.39, 0.29) is 0 Å². The van der Waals surface area contributed by atoms with Gasteiger partial charge in [-0.1, -0.05) is 66.7 Å². The zero-order valence-electron chi connectivity index (χ0n) is 11.1. The van der Waals surface area contributed by atoms with Crippen molar-refractivity contribution in [2.75, 3.05) is 11.5 Å². The normalized spacial score (nSPS) is 10.4. The van der Waals surface area contributed by atoms with Gasteiger partial charge >= 0.3 is 0 Å². The number of benzene rings is 3. The highest BCUT2D eigenvalue weighted by Gasteiger charge is 2.05. The van der Waals surface area contributed by atoms with Crippen molar-refractivity contribution in [2.45, 2.75) is 0 Å². The van der Waals surface area contributed by atoms with E-state index in [1.165, 1.54) is 11.1 Å². The molecule has 0 spiro atoms. The summed E-state index contributed by atoms with van der Waals surface area (Å²) >= 11 is 0. The minimum Gasteiger partial charge on any atom is -0.397 e. The molecule has 0 radical (unpaired) electrons. The van der Waals surface area contributed by atoms with Crippen LogP contribution in [0.25, 0.3) is 22.3 Å². The molecule has 2 heteroatoms. The van der Waals surface area contributed by atoms with Gasteiger partial charge in [-0.15, -0.1) is 0 Å². The van der Waals surface area contributed by atoms with Crippen molar-refractivity contribution in [1.29, 1.82) is 0 Å². The summed E-state index contributed by atoms with van der Waals surface area (Å²) in [6.45, 7) is 0. The lowest BCUT2D eigenvalue weighted by molar-refractivity contribution is 1.58. The van der Waals surface area contributed by atoms with Crippen LogP contribution in [0.3, 0.4) is 0 Å². The minimum atomic E-state index is 0.620. The first-order chi connectivity index (χ1) is 9.75. The van der Waals surface area contributed by atoms with E-state index in [9.17, 15) is 0 Å². The molecule has 0 saturated heterocycles. The highest BCUT2D eigenvalue weighted by Crippen LogP contribution is 2.31. The maximum absolute atomic E-state index is 6.04. The molecule has 0 aliphatic heterocycles. The Hall–Kier alpha value is -2.74. The Morgan fingerprint density at radius 1 is 0.500 bits per heavy atom. The van der Waals surface area contributed by atoms with E-state index in [2.05, 4.69) is 36.4 Å². The van der Waals surface area contributed by atoms with Gasteiger partial charge in [0.2, 0.25) is 0 Å². The maximum atomic E-state index is 6.04. The molecule has 0 fully saturated rings. The van der Waals surface area contributed by atoms with Gasteiger partial charge in [-0.05, 0) is 22.8 Å². The molecule has 98 valence electrons. The van der Waals surface area contributed by atoms with Gasteiger partial charge in [0.1, 0.15) is 0 Å². The third-order valence-corrected chi connectivity index (χ3v) is 3.44. The fourth-order valence-corrected chi connectivity index (χ4v) is 2.31. The van der Waals surface area contributed by atoms with Crippen LogP contribution in [0.4, 0.5) is 11.4 Å². The maximum Gasteiger partial charge on any atom is 0.0627 e. The van der Waals surface area contributed by atoms with Crippen LogP contribution in [0, 0.1) is 0 Å². The molecule has 0 bridgehead atoms. The lowest BCUT2D eigenvalue weighted by atomic mass is 9.99. The monoisotopic (exact) mass is 260 g/mol. The first-order valence-corrected chi connectivity index (χ1v) is 6.55. The van der Waals surface area contributed by atoms with E-state index in [1.54, 1.807) is 0 Å². The van der Waals surface area contributed by atoms with Gasteiger partial charge < -0.3 is 11.5 Å². The van der Waals surface area contributed by atoms with E-state index in [4.69, 9.17) is 11.5 Å². The van der Waals surface area contributed by atoms with Gasteiger partial charge in [0.15, 0.2) is 0 Å². The lowest BCUT2D eigenvalue weighted by Crippen LogP contribution is -1.96. The van der Waals surface area contributed by atoms with Gasteiger partial charge in [-0.3, -0.25) is 0 Å². The van der Waals surface area contributed by atoms with E-state index in [0.717, 1.165) is 11.1 Å². The summed E-state index contributed by atoms with van der Waals surface area (Å²) in [5.74, 6) is 0. The van der Waals surface area contributed by atoms with Crippen LogP contribution >= 0.6 is 0 Å². The Morgan fingerprint density at radius 2 is 1.10 bits per heavy atom. The predicted molar refractivity (Wildman–Crippen MR) is 86.1 cm³/mol. The first-order valence-electron chi connectivity index (χ1n) is 6.55. The topological polar surface area (TPSA) is 52.0 Å². The molecule has 0 atom stereocenters. The molecule has 2 nitrogen and oxygen atoms in total. The van der Waals surface area contributed by atoms with Crippen LogP contribution in [-0.2, 0) is 0 Å². The number of para-hydroxylation sites is 1. The van der Waals surface area contributed by atoms with Crippen LogP contribution in [0.5, 0.6) is 0 Å². The zero-order chi connectivity index (χ0) is 13.9. The summed E-state index contributed by atoms with van der Waals surface area (Å²) in [5, 5.41) is 0. The summed E-state index contributed by atoms with van der Waals surface area (Å²) in [7, 11) is 0. The second-order valence-corrected chi connectivity index (χ2v) is 4.75. The van der Waals surface area contributed by atoms with Gasteiger partial charge in [0.25, 0.3) is 0 Å². The SMILES string of the molecule is Nc1cccc(-c2ccc(-c3ccccc3)cc2)c1N. The molecule has 0 heterocycles. The molecule has 3 aromatic carbocycles. The van der Waals surface area contributed by atoms with E-state index >= 15 is 0 Å². The smallest absolute Gasteiger partial charge is 0.0627 e. The standard InChI is InChI=1S/C18H16N2/c19-17-8-4-7-16(18(17)20)15-11-9-14(10-12-15)13-5-2-1-3-6-13/h1-12H,19-20H2. The molecule has 3 rings (SSSR count). The summed E-state index contributed by atoms with van der Waals surface area (Å²) in [5.41, 5.74) is 17.6. The number of nitrogen functional groups attached to an aromatic ring is 2. The van der Waals surface area contributed by atoms with Gasteiger partial charge in [0, 0.05) is 5.56 Å². The number of hydrogen-bond donors (Lipinski definition) is 2. The van der Waals surface area contributed by atoms with Crippen LogP contribution in [-0.4, -0.2) is 0 Å². The second-order valence-electron chi connectivity index (χ2n) is 4.75. The van der Waals surface area contributed by atoms with Crippen LogP contribution in [0.2, 0.25) is 0 Å². The van der Waals surface area contributed by atoms with Crippen LogP contribution in [0.15, 0.2) is 72.8 Å². The molecule has 20 heavy (non-hydrogen) atoms. The quantitative estimate of drug-likeness (QED) is 0.679. The van der Waals surface area contributed by atoms with Gasteiger partial charge in [-0.2, -0.15) is 0 Å². The van der Waals surface area contributed by atoms with E-state index < -0.39 is 0 Å². The molecule has 0 aliphatic rings. The number of anilines is 2. The average molecular weight is 260 g/mol. The number of rotatable bonds is 2. The third kappa shape index (κ3) is 2.24. The highest BCUT2D eigenvalue weighted by molar-refractivity contribution is 5.85. The Kier molecular flexibility index (Phi) is 3.13. The van der Waals surface area contributed by atoms with E-state index in [0.29, 0.717) is 11.4 Å². The van der Waals surface area contributed by atoms with Gasteiger partial charge in [-0.25, -0.2) is 0 Å². The Morgan fingerprint density at radius 3 is 1.80 bits per heavy atom. The Labute approximate surface area is 118 Å². The fraction of sp³-hybridized carbons (Fsp3) is 0. The highest BCUT2D eigenvalue weighted by atomic mass is 14.7.